The van der Waals surface area contributed by atoms with Gasteiger partial charge in [-0.3, -0.25) is 4.79 Å². The number of nitrogens with zero attached hydrogens (tertiary/aromatic N) is 3. The summed E-state index contributed by atoms with van der Waals surface area (Å²) >= 11 is 3.01. The average Bonchev–Trinajstić information content (AvgIpc) is 3.92. The Balaban J connectivity index is 1.37. The molecule has 0 aliphatic rings. The maximum Gasteiger partial charge on any atom is 0.349 e. The second kappa shape index (κ2) is 23.9. The van der Waals surface area contributed by atoms with E-state index in [4.69, 9.17) is 22.6 Å². The molecule has 0 radical (unpaired) electrons. The zero-order valence-electron chi connectivity index (χ0n) is 33.8. The molecule has 0 unspecified atom stereocenters. The van der Waals surface area contributed by atoms with E-state index in [2.05, 4.69) is 113 Å². The predicted molar refractivity (Wildman–Crippen MR) is 248 cm³/mol. The van der Waals surface area contributed by atoms with Crippen molar-refractivity contribution in [3.63, 3.8) is 0 Å². The molecule has 5 rings (SSSR count). The molecule has 5 aromatic rings. The van der Waals surface area contributed by atoms with Crippen molar-refractivity contribution in [1.29, 1.82) is 0 Å². The molecule has 0 atom stereocenters. The summed E-state index contributed by atoms with van der Waals surface area (Å²) < 4.78 is 11.4. The summed E-state index contributed by atoms with van der Waals surface area (Å²) in [6.45, 7) is 18.9. The van der Waals surface area contributed by atoms with Gasteiger partial charge in [0.15, 0.2) is 0 Å². The van der Waals surface area contributed by atoms with Crippen LogP contribution in [-0.4, -0.2) is 17.7 Å². The van der Waals surface area contributed by atoms with Crippen molar-refractivity contribution in [1.82, 2.24) is 0 Å². The fraction of sp³-hybridized carbons (Fsp3) is 0.260. The number of thiophene rings is 2. The van der Waals surface area contributed by atoms with Gasteiger partial charge in [-0.05, 0) is 128 Å². The van der Waals surface area contributed by atoms with E-state index in [1.165, 1.54) is 80.1 Å². The van der Waals surface area contributed by atoms with Crippen LogP contribution in [-0.2, 0) is 9.53 Å². The van der Waals surface area contributed by atoms with Gasteiger partial charge in [0.1, 0.15) is 5.75 Å². The normalized spacial score (nSPS) is 11.9. The molecule has 0 spiro atoms. The summed E-state index contributed by atoms with van der Waals surface area (Å²) in [5.74, 6) is 0.516. The lowest BCUT2D eigenvalue weighted by Crippen LogP contribution is -2.17. The van der Waals surface area contributed by atoms with Crippen molar-refractivity contribution >= 4 is 82.7 Å². The van der Waals surface area contributed by atoms with Crippen molar-refractivity contribution in [2.75, 3.05) is 4.90 Å². The fourth-order valence-corrected chi connectivity index (χ4v) is 8.18. The number of hydrogen-bond donors (Lipinski definition) is 1. The van der Waals surface area contributed by atoms with E-state index in [9.17, 15) is 9.90 Å². The minimum Gasteiger partial charge on any atom is -0.532 e. The topological polar surface area (TPSA) is 67.7 Å². The van der Waals surface area contributed by atoms with Crippen LogP contribution in [0, 0.1) is 13.1 Å². The third-order valence-corrected chi connectivity index (χ3v) is 11.6. The first-order valence-corrected chi connectivity index (χ1v) is 21.8. The Morgan fingerprint density at radius 3 is 1.56 bits per heavy atom. The molecule has 2 heterocycles. The maximum atomic E-state index is 10.7. The van der Waals surface area contributed by atoms with Gasteiger partial charge in [0, 0.05) is 42.6 Å². The van der Waals surface area contributed by atoms with Crippen LogP contribution in [0.1, 0.15) is 109 Å². The van der Waals surface area contributed by atoms with Crippen molar-refractivity contribution < 1.29 is 19.4 Å². The third-order valence-electron chi connectivity index (χ3n) is 9.57. The van der Waals surface area contributed by atoms with E-state index in [0.29, 0.717) is 0 Å². The van der Waals surface area contributed by atoms with E-state index in [1.807, 2.05) is 36.4 Å². The number of aliphatic hydroxyl groups is 1. The minimum atomic E-state index is -0.321. The molecular formula is C50H51N3O4S2. The monoisotopic (exact) mass is 821 g/mol. The molecular weight excluding hydrogens is 771 g/mol. The lowest BCUT2D eigenvalue weighted by molar-refractivity contribution is -0.124. The van der Waals surface area contributed by atoms with Gasteiger partial charge in [0.05, 0.1) is 19.2 Å². The molecule has 0 saturated carbocycles. The van der Waals surface area contributed by atoms with Crippen molar-refractivity contribution in [3.8, 4) is 5.75 Å². The highest BCUT2D eigenvalue weighted by molar-refractivity contribution is 7.14. The first-order valence-electron chi connectivity index (χ1n) is 20.2. The van der Waals surface area contributed by atoms with Crippen LogP contribution in [0.4, 0.5) is 17.1 Å². The first kappa shape index (κ1) is 44.0. The van der Waals surface area contributed by atoms with Gasteiger partial charge in [-0.2, -0.15) is 9.69 Å². The quantitative estimate of drug-likeness (QED) is 0.0308. The first-order chi connectivity index (χ1) is 28.9. The summed E-state index contributed by atoms with van der Waals surface area (Å²) in [5, 5.41) is 9.59. The Morgan fingerprint density at radius 1 is 0.627 bits per heavy atom. The second-order valence-corrected chi connectivity index (χ2v) is 16.3. The highest BCUT2D eigenvalue weighted by Crippen LogP contribution is 2.36. The van der Waals surface area contributed by atoms with Crippen LogP contribution in [0.2, 0.25) is 0 Å². The van der Waals surface area contributed by atoms with E-state index in [1.54, 1.807) is 6.08 Å². The van der Waals surface area contributed by atoms with E-state index >= 15 is 0 Å². The van der Waals surface area contributed by atoms with Crippen molar-refractivity contribution in [2.24, 2.45) is 0 Å². The molecule has 0 bridgehead atoms. The minimum absolute atomic E-state index is 0.0623. The maximum absolute atomic E-state index is 10.7. The van der Waals surface area contributed by atoms with Crippen LogP contribution >= 0.6 is 22.7 Å². The highest BCUT2D eigenvalue weighted by Gasteiger charge is 2.15. The summed E-state index contributed by atoms with van der Waals surface area (Å²) in [6.07, 6.45) is 23.5. The fourth-order valence-electron chi connectivity index (χ4n) is 6.49. The number of carbonyl (C=O) groups is 1. The standard InChI is InChI=1S/C50H51N3O4S2/c1-5-7-9-11-13-43(14-12-10-8-6-2)57-44-27-25-42(26-28-44)53(40-21-15-38(16-22-40)19-29-45-31-33-47(58-45)35-49(55)51-3)41-23-17-39(18-24-41)20-30-46-32-34-48(59-46)36-50(52-4)56-37-54/h15-37,43,55H,5-14H2,1-2H3/b29-19+,30-20+,49-35+,50-36+. The zero-order chi connectivity index (χ0) is 41.7. The van der Waals surface area contributed by atoms with Crippen LogP contribution in [0.5, 0.6) is 5.75 Å². The molecule has 302 valence electrons. The summed E-state index contributed by atoms with van der Waals surface area (Å²) in [7, 11) is 0. The molecule has 0 aliphatic carbocycles. The molecule has 7 nitrogen and oxygen atoms in total. The van der Waals surface area contributed by atoms with Crippen molar-refractivity contribution in [2.45, 2.75) is 84.2 Å². The largest absolute Gasteiger partial charge is 0.532 e. The van der Waals surface area contributed by atoms with Crippen LogP contribution in [0.25, 0.3) is 46.1 Å². The number of benzene rings is 3. The summed E-state index contributed by atoms with van der Waals surface area (Å²) in [5.41, 5.74) is 5.12. The number of unbranched alkanes of at least 4 members (excludes halogenated alkanes) is 6. The molecule has 0 saturated heterocycles. The van der Waals surface area contributed by atoms with Gasteiger partial charge in [-0.15, -0.1) is 22.7 Å². The number of carbonyl (C=O) groups excluding carboxylic acids is 1. The van der Waals surface area contributed by atoms with E-state index < -0.39 is 0 Å². The molecule has 1 N–H and O–H groups in total. The third kappa shape index (κ3) is 14.3. The Hall–Kier alpha value is -6.13. The SMILES string of the molecule is [C-]#[N+]/C(O)=C\c1ccc(/C=C/c2ccc(N(c3ccc(/C=C/c4ccc(/C=C(\[N+]#[C-])OC=O)s4)cc3)c3ccc(OC(CCCCCC)CCCCCC)cc3)cc2)s1. The van der Waals surface area contributed by atoms with Crippen LogP contribution in [0.15, 0.2) is 109 Å². The molecule has 0 amide bonds. The lowest BCUT2D eigenvalue weighted by Gasteiger charge is -2.26. The number of anilines is 3. The Kier molecular flexibility index (Phi) is 17.9. The lowest BCUT2D eigenvalue weighted by atomic mass is 10.0. The predicted octanol–water partition coefficient (Wildman–Crippen LogP) is 15.5. The number of hydrogen-bond acceptors (Lipinski definition) is 7. The van der Waals surface area contributed by atoms with E-state index in [-0.39, 0.29) is 24.3 Å². The van der Waals surface area contributed by atoms with Gasteiger partial charge < -0.3 is 19.5 Å². The van der Waals surface area contributed by atoms with Gasteiger partial charge in [-0.25, -0.2) is 0 Å². The Bertz CT molecular complexity index is 2260. The molecule has 3 aromatic carbocycles. The highest BCUT2D eigenvalue weighted by atomic mass is 32.1. The molecule has 59 heavy (non-hydrogen) atoms. The molecule has 0 aliphatic heterocycles. The van der Waals surface area contributed by atoms with Gasteiger partial charge in [0.2, 0.25) is 0 Å². The number of aliphatic hydroxyl groups excluding tert-OH is 1. The number of rotatable bonds is 23. The van der Waals surface area contributed by atoms with Crippen molar-refractivity contribution in [3.05, 3.63) is 162 Å². The average molecular weight is 822 g/mol. The number of ether oxygens (including phenoxy) is 2. The smallest absolute Gasteiger partial charge is 0.349 e. The zero-order valence-corrected chi connectivity index (χ0v) is 35.4. The summed E-state index contributed by atoms with van der Waals surface area (Å²) in [4.78, 5) is 22.9. The Morgan fingerprint density at radius 2 is 1.10 bits per heavy atom. The summed E-state index contributed by atoms with van der Waals surface area (Å²) in [6, 6.07) is 33.1. The Labute approximate surface area is 357 Å². The van der Waals surface area contributed by atoms with E-state index in [0.717, 1.165) is 66.3 Å². The molecule has 0 fully saturated rings. The van der Waals surface area contributed by atoms with Gasteiger partial charge in [-0.1, -0.05) is 88.8 Å². The van der Waals surface area contributed by atoms with Gasteiger partial charge in [0.25, 0.3) is 6.47 Å². The molecule has 2 aromatic heterocycles. The van der Waals surface area contributed by atoms with Crippen LogP contribution < -0.4 is 9.64 Å². The molecule has 9 heteroatoms. The van der Waals surface area contributed by atoms with Crippen LogP contribution in [0.3, 0.4) is 0 Å². The second-order valence-electron chi connectivity index (χ2n) is 14.0. The van der Waals surface area contributed by atoms with Gasteiger partial charge >= 0.3 is 11.8 Å².